The highest BCUT2D eigenvalue weighted by Gasteiger charge is 2.36. The van der Waals surface area contributed by atoms with Crippen LogP contribution in [-0.4, -0.2) is 22.9 Å². The first-order valence-corrected chi connectivity index (χ1v) is 5.66. The molecule has 1 amide bonds. The van der Waals surface area contributed by atoms with Crippen molar-refractivity contribution in [2.45, 2.75) is 32.4 Å². The van der Waals surface area contributed by atoms with Gasteiger partial charge in [-0.05, 0) is 38.4 Å². The van der Waals surface area contributed by atoms with Crippen molar-refractivity contribution in [2.75, 3.05) is 6.54 Å². The van der Waals surface area contributed by atoms with Crippen LogP contribution in [0, 0.1) is 0 Å². The SMILES string of the molecule is CC(C)(CCN)N1Cc2ccccc2C1=O. The predicted octanol–water partition coefficient (Wildman–Crippen LogP) is 1.77. The number of hydrogen-bond donors (Lipinski definition) is 1. The van der Waals surface area contributed by atoms with E-state index in [1.807, 2.05) is 29.2 Å². The molecule has 0 unspecified atom stereocenters. The van der Waals surface area contributed by atoms with Crippen LogP contribution in [0.1, 0.15) is 36.2 Å². The van der Waals surface area contributed by atoms with E-state index in [0.717, 1.165) is 17.5 Å². The van der Waals surface area contributed by atoms with Gasteiger partial charge in [0.15, 0.2) is 0 Å². The molecule has 0 radical (unpaired) electrons. The number of nitrogens with zero attached hydrogens (tertiary/aromatic N) is 1. The van der Waals surface area contributed by atoms with Gasteiger partial charge in [0.1, 0.15) is 0 Å². The third-order valence-electron chi connectivity index (χ3n) is 3.31. The molecule has 0 fully saturated rings. The Kier molecular flexibility index (Phi) is 2.72. The largest absolute Gasteiger partial charge is 0.330 e. The van der Waals surface area contributed by atoms with E-state index in [9.17, 15) is 4.79 Å². The Bertz CT molecular complexity index is 412. The van der Waals surface area contributed by atoms with Gasteiger partial charge in [-0.15, -0.1) is 0 Å². The third-order valence-corrected chi connectivity index (χ3v) is 3.31. The fraction of sp³-hybridized carbons (Fsp3) is 0.462. The van der Waals surface area contributed by atoms with Crippen LogP contribution in [0.4, 0.5) is 0 Å². The van der Waals surface area contributed by atoms with Gasteiger partial charge in [-0.2, -0.15) is 0 Å². The Morgan fingerprint density at radius 1 is 1.38 bits per heavy atom. The van der Waals surface area contributed by atoms with Crippen molar-refractivity contribution in [1.29, 1.82) is 0 Å². The van der Waals surface area contributed by atoms with Gasteiger partial charge < -0.3 is 10.6 Å². The predicted molar refractivity (Wildman–Crippen MR) is 64.1 cm³/mol. The van der Waals surface area contributed by atoms with E-state index in [4.69, 9.17) is 5.73 Å². The third kappa shape index (κ3) is 1.71. The van der Waals surface area contributed by atoms with Gasteiger partial charge >= 0.3 is 0 Å². The zero-order chi connectivity index (χ0) is 11.8. The number of hydrogen-bond acceptors (Lipinski definition) is 2. The topological polar surface area (TPSA) is 46.3 Å². The maximum absolute atomic E-state index is 12.2. The molecule has 86 valence electrons. The van der Waals surface area contributed by atoms with E-state index in [1.165, 1.54) is 0 Å². The lowest BCUT2D eigenvalue weighted by Gasteiger charge is -2.35. The van der Waals surface area contributed by atoms with Gasteiger partial charge in [-0.3, -0.25) is 4.79 Å². The van der Waals surface area contributed by atoms with Crippen LogP contribution in [0.5, 0.6) is 0 Å². The summed E-state index contributed by atoms with van der Waals surface area (Å²) < 4.78 is 0. The molecule has 3 heteroatoms. The number of rotatable bonds is 3. The lowest BCUT2D eigenvalue weighted by Crippen LogP contribution is -2.45. The molecule has 0 aliphatic carbocycles. The minimum atomic E-state index is -0.162. The minimum Gasteiger partial charge on any atom is -0.330 e. The Hall–Kier alpha value is -1.35. The smallest absolute Gasteiger partial charge is 0.254 e. The summed E-state index contributed by atoms with van der Waals surface area (Å²) in [5.41, 5.74) is 7.40. The Morgan fingerprint density at radius 2 is 2.06 bits per heavy atom. The van der Waals surface area contributed by atoms with Crippen molar-refractivity contribution >= 4 is 5.91 Å². The number of carbonyl (C=O) groups is 1. The molecule has 3 nitrogen and oxygen atoms in total. The van der Waals surface area contributed by atoms with Crippen LogP contribution in [0.2, 0.25) is 0 Å². The van der Waals surface area contributed by atoms with E-state index in [2.05, 4.69) is 13.8 Å². The standard InChI is InChI=1S/C13H18N2O/c1-13(2,7-8-14)15-9-10-5-3-4-6-11(10)12(15)16/h3-6H,7-9,14H2,1-2H3. The van der Waals surface area contributed by atoms with Crippen LogP contribution in [0.15, 0.2) is 24.3 Å². The summed E-state index contributed by atoms with van der Waals surface area (Å²) in [5, 5.41) is 0. The average Bonchev–Trinajstić information content (AvgIpc) is 2.58. The summed E-state index contributed by atoms with van der Waals surface area (Å²) in [6.45, 7) is 5.46. The molecule has 0 atom stereocenters. The Balaban J connectivity index is 2.28. The zero-order valence-corrected chi connectivity index (χ0v) is 9.86. The van der Waals surface area contributed by atoms with Gasteiger partial charge in [-0.1, -0.05) is 18.2 Å². The van der Waals surface area contributed by atoms with Gasteiger partial charge in [0.25, 0.3) is 5.91 Å². The maximum Gasteiger partial charge on any atom is 0.254 e. The van der Waals surface area contributed by atoms with Crippen molar-refractivity contribution in [3.05, 3.63) is 35.4 Å². The van der Waals surface area contributed by atoms with Gasteiger partial charge in [0.05, 0.1) is 0 Å². The highest BCUT2D eigenvalue weighted by molar-refractivity contribution is 5.98. The molecule has 1 heterocycles. The molecule has 1 aliphatic heterocycles. The van der Waals surface area contributed by atoms with E-state index >= 15 is 0 Å². The molecule has 1 aromatic rings. The van der Waals surface area contributed by atoms with Crippen LogP contribution in [0.25, 0.3) is 0 Å². The molecule has 2 N–H and O–H groups in total. The normalized spacial score (nSPS) is 15.4. The average molecular weight is 218 g/mol. The first kappa shape index (κ1) is 11.1. The highest BCUT2D eigenvalue weighted by Crippen LogP contribution is 2.30. The summed E-state index contributed by atoms with van der Waals surface area (Å²) in [7, 11) is 0. The summed E-state index contributed by atoms with van der Waals surface area (Å²) in [6, 6.07) is 7.81. The molecule has 0 saturated heterocycles. The second kappa shape index (κ2) is 3.91. The molecule has 0 spiro atoms. The molecule has 0 aromatic heterocycles. The number of amides is 1. The van der Waals surface area contributed by atoms with Crippen molar-refractivity contribution in [2.24, 2.45) is 5.73 Å². The van der Waals surface area contributed by atoms with Crippen LogP contribution in [0.3, 0.4) is 0 Å². The van der Waals surface area contributed by atoms with Crippen molar-refractivity contribution in [3.8, 4) is 0 Å². The van der Waals surface area contributed by atoms with Crippen LogP contribution >= 0.6 is 0 Å². The lowest BCUT2D eigenvalue weighted by molar-refractivity contribution is 0.0561. The molecule has 0 saturated carbocycles. The Morgan fingerprint density at radius 3 is 2.69 bits per heavy atom. The van der Waals surface area contributed by atoms with E-state index in [1.54, 1.807) is 0 Å². The quantitative estimate of drug-likeness (QED) is 0.840. The van der Waals surface area contributed by atoms with Gasteiger partial charge in [-0.25, -0.2) is 0 Å². The number of fused-ring (bicyclic) bond motifs is 1. The van der Waals surface area contributed by atoms with Gasteiger partial charge in [0.2, 0.25) is 0 Å². The summed E-state index contributed by atoms with van der Waals surface area (Å²) in [4.78, 5) is 14.1. The first-order chi connectivity index (χ1) is 7.56. The first-order valence-electron chi connectivity index (χ1n) is 5.66. The molecule has 1 aromatic carbocycles. The lowest BCUT2D eigenvalue weighted by atomic mass is 9.98. The minimum absolute atomic E-state index is 0.133. The number of nitrogens with two attached hydrogens (primary N) is 1. The van der Waals surface area contributed by atoms with Crippen LogP contribution < -0.4 is 5.73 Å². The molecular formula is C13H18N2O. The van der Waals surface area contributed by atoms with E-state index in [0.29, 0.717) is 13.1 Å². The van der Waals surface area contributed by atoms with Crippen molar-refractivity contribution in [3.63, 3.8) is 0 Å². The molecule has 1 aliphatic rings. The van der Waals surface area contributed by atoms with E-state index < -0.39 is 0 Å². The maximum atomic E-state index is 12.2. The van der Waals surface area contributed by atoms with Crippen molar-refractivity contribution in [1.82, 2.24) is 4.90 Å². The molecule has 2 rings (SSSR count). The van der Waals surface area contributed by atoms with Crippen molar-refractivity contribution < 1.29 is 4.79 Å². The highest BCUT2D eigenvalue weighted by atomic mass is 16.2. The second-order valence-corrected chi connectivity index (χ2v) is 4.90. The fourth-order valence-corrected chi connectivity index (χ4v) is 2.23. The van der Waals surface area contributed by atoms with E-state index in [-0.39, 0.29) is 11.4 Å². The summed E-state index contributed by atoms with van der Waals surface area (Å²) in [6.07, 6.45) is 0.826. The zero-order valence-electron chi connectivity index (χ0n) is 9.86. The Labute approximate surface area is 96.2 Å². The number of benzene rings is 1. The summed E-state index contributed by atoms with van der Waals surface area (Å²) in [5.74, 6) is 0.133. The monoisotopic (exact) mass is 218 g/mol. The second-order valence-electron chi connectivity index (χ2n) is 4.90. The van der Waals surface area contributed by atoms with Crippen LogP contribution in [-0.2, 0) is 6.54 Å². The molecule has 16 heavy (non-hydrogen) atoms. The molecular weight excluding hydrogens is 200 g/mol. The summed E-state index contributed by atoms with van der Waals surface area (Å²) >= 11 is 0. The van der Waals surface area contributed by atoms with Gasteiger partial charge in [0, 0.05) is 17.6 Å². The molecule has 0 bridgehead atoms. The fourth-order valence-electron chi connectivity index (χ4n) is 2.23. The number of carbonyl (C=O) groups excluding carboxylic acids is 1.